The number of benzene rings is 3. The molecule has 18 heteroatoms. The first-order valence-electron chi connectivity index (χ1n) is 22.2. The first kappa shape index (κ1) is 51.8. The van der Waals surface area contributed by atoms with Crippen molar-refractivity contribution < 1.29 is 85.7 Å². The van der Waals surface area contributed by atoms with Crippen LogP contribution in [0, 0.1) is 0 Å². The first-order valence-corrected chi connectivity index (χ1v) is 22.2. The van der Waals surface area contributed by atoms with Crippen molar-refractivity contribution in [3.05, 3.63) is 108 Å². The molecule has 362 valence electrons. The maximum Gasteiger partial charge on any atom is 0.338 e. The van der Waals surface area contributed by atoms with Gasteiger partial charge in [0, 0.05) is 34.3 Å². The van der Waals surface area contributed by atoms with Crippen molar-refractivity contribution in [3.63, 3.8) is 0 Å². The molecular formula is C49H58O18. The number of carbonyl (C=O) groups excluding carboxylic acids is 7. The zero-order valence-corrected chi connectivity index (χ0v) is 38.1. The van der Waals surface area contributed by atoms with Gasteiger partial charge in [0.05, 0.1) is 16.7 Å². The summed E-state index contributed by atoms with van der Waals surface area (Å²) in [5.74, 6) is -5.91. The Morgan fingerprint density at radius 2 is 0.851 bits per heavy atom. The van der Waals surface area contributed by atoms with E-state index in [0.717, 1.165) is 59.8 Å². The molecule has 0 N–H and O–H groups in total. The average molecular weight is 935 g/mol. The minimum Gasteiger partial charge on any atom is -0.463 e. The van der Waals surface area contributed by atoms with Crippen LogP contribution in [0.25, 0.3) is 0 Å². The monoisotopic (exact) mass is 934 g/mol. The minimum atomic E-state index is -1.83. The van der Waals surface area contributed by atoms with Gasteiger partial charge in [-0.25, -0.2) is 14.4 Å². The standard InChI is InChI=1S/C49H58O18/c1-6-7-8-9-10-20-27-57-48-43(67-49-44(62-33(5)53)41(61-32(4)52)39(60-31(3)51)37(64-49)28-58-30(2)50)42(66-47(56)36-25-18-13-19-26-36)40(65-46(55)35-23-16-12-17-24-35)38(63-48)29-59-45(54)34-21-14-11-15-22-34/h11-19,21-26,37-44,48-49H,6-10,20,27-29H2,1-5H3/t37-,38-,39-,40-,41+,42+,43+,44+,48-,49-/m1/s1. The van der Waals surface area contributed by atoms with Crippen molar-refractivity contribution >= 4 is 41.8 Å². The van der Waals surface area contributed by atoms with E-state index in [1.54, 1.807) is 66.7 Å². The molecule has 0 spiro atoms. The molecular weight excluding hydrogens is 877 g/mol. The second-order valence-corrected chi connectivity index (χ2v) is 15.8. The predicted molar refractivity (Wildman–Crippen MR) is 233 cm³/mol. The molecule has 2 saturated heterocycles. The second-order valence-electron chi connectivity index (χ2n) is 15.8. The lowest BCUT2D eigenvalue weighted by Crippen LogP contribution is -2.67. The molecule has 0 saturated carbocycles. The molecule has 18 nitrogen and oxygen atoms in total. The van der Waals surface area contributed by atoms with Gasteiger partial charge in [-0.1, -0.05) is 93.6 Å². The number of unbranched alkanes of at least 4 members (excludes halogenated alkanes) is 5. The molecule has 0 aliphatic carbocycles. The Morgan fingerprint density at radius 3 is 1.37 bits per heavy atom. The summed E-state index contributed by atoms with van der Waals surface area (Å²) in [5, 5.41) is 0. The van der Waals surface area contributed by atoms with Gasteiger partial charge in [-0.3, -0.25) is 19.2 Å². The van der Waals surface area contributed by atoms with Gasteiger partial charge in [0.2, 0.25) is 0 Å². The van der Waals surface area contributed by atoms with Crippen LogP contribution in [0.3, 0.4) is 0 Å². The fraction of sp³-hybridized carbons (Fsp3) is 0.490. The van der Waals surface area contributed by atoms with Crippen LogP contribution in [0.15, 0.2) is 91.0 Å². The molecule has 2 fully saturated rings. The van der Waals surface area contributed by atoms with Crippen molar-refractivity contribution in [2.24, 2.45) is 0 Å². The molecule has 0 unspecified atom stereocenters. The normalized spacial score (nSPS) is 24.6. The maximum absolute atomic E-state index is 14.2. The average Bonchev–Trinajstić information content (AvgIpc) is 3.31. The summed E-state index contributed by atoms with van der Waals surface area (Å²) >= 11 is 0. The Balaban J connectivity index is 1.64. The van der Waals surface area contributed by atoms with Crippen molar-refractivity contribution in [1.82, 2.24) is 0 Å². The zero-order chi connectivity index (χ0) is 48.3. The molecule has 5 rings (SSSR count). The SMILES string of the molecule is CCCCCCCCO[C@@H]1O[C@H](COC(=O)c2ccccc2)[C@@H](OC(=O)c2ccccc2)[C@H](OC(=O)c2ccccc2)[C@@H]1O[C@H]1O[C@H](COC(C)=O)[C@@H](OC(C)=O)[C@H](OC(C)=O)[C@@H]1OC(C)=O. The van der Waals surface area contributed by atoms with Crippen molar-refractivity contribution in [2.75, 3.05) is 19.8 Å². The topological polar surface area (TPSA) is 221 Å². The molecule has 3 aromatic rings. The number of esters is 7. The third-order valence-corrected chi connectivity index (χ3v) is 10.5. The van der Waals surface area contributed by atoms with E-state index < -0.39 is 116 Å². The van der Waals surface area contributed by atoms with Gasteiger partial charge in [-0.15, -0.1) is 0 Å². The molecule has 2 aliphatic heterocycles. The van der Waals surface area contributed by atoms with Crippen molar-refractivity contribution in [1.29, 1.82) is 0 Å². The molecule has 0 bridgehead atoms. The van der Waals surface area contributed by atoms with Crippen LogP contribution in [0.1, 0.15) is 104 Å². The van der Waals surface area contributed by atoms with Crippen LogP contribution in [-0.4, -0.2) is 123 Å². The highest BCUT2D eigenvalue weighted by Crippen LogP contribution is 2.36. The molecule has 67 heavy (non-hydrogen) atoms. The van der Waals surface area contributed by atoms with Crippen LogP contribution < -0.4 is 0 Å². The van der Waals surface area contributed by atoms with Gasteiger partial charge in [0.1, 0.15) is 25.4 Å². The summed E-state index contributed by atoms with van der Waals surface area (Å²) < 4.78 is 66.2. The van der Waals surface area contributed by atoms with Gasteiger partial charge in [0.15, 0.2) is 49.2 Å². The number of rotatable bonds is 22. The molecule has 0 radical (unpaired) electrons. The number of hydrogen-bond donors (Lipinski definition) is 0. The van der Waals surface area contributed by atoms with Crippen LogP contribution in [0.4, 0.5) is 0 Å². The van der Waals surface area contributed by atoms with Crippen LogP contribution in [0.2, 0.25) is 0 Å². The van der Waals surface area contributed by atoms with E-state index in [2.05, 4.69) is 6.92 Å². The number of ether oxygens (including phenoxy) is 11. The van der Waals surface area contributed by atoms with E-state index in [0.29, 0.717) is 6.42 Å². The zero-order valence-electron chi connectivity index (χ0n) is 38.1. The summed E-state index contributed by atoms with van der Waals surface area (Å²) in [4.78, 5) is 91.7. The molecule has 3 aromatic carbocycles. The maximum atomic E-state index is 14.2. The fourth-order valence-electron chi connectivity index (χ4n) is 7.45. The molecule has 0 aromatic heterocycles. The number of hydrogen-bond acceptors (Lipinski definition) is 18. The van der Waals surface area contributed by atoms with E-state index in [1.165, 1.54) is 24.3 Å². The van der Waals surface area contributed by atoms with Crippen LogP contribution in [0.5, 0.6) is 0 Å². The highest BCUT2D eigenvalue weighted by Gasteiger charge is 2.58. The Hall–Kier alpha value is -6.21. The van der Waals surface area contributed by atoms with Gasteiger partial charge < -0.3 is 52.1 Å². The molecule has 10 atom stereocenters. The predicted octanol–water partition coefficient (Wildman–Crippen LogP) is 5.86. The third kappa shape index (κ3) is 15.7. The van der Waals surface area contributed by atoms with E-state index in [9.17, 15) is 33.6 Å². The summed E-state index contributed by atoms with van der Waals surface area (Å²) in [6.07, 6.45) is -10.7. The molecule has 2 heterocycles. The summed E-state index contributed by atoms with van der Waals surface area (Å²) in [6.45, 7) is 5.39. The van der Waals surface area contributed by atoms with Crippen molar-refractivity contribution in [2.45, 2.75) is 135 Å². The molecule has 2 aliphatic rings. The largest absolute Gasteiger partial charge is 0.463 e. The van der Waals surface area contributed by atoms with Gasteiger partial charge in [-0.05, 0) is 42.8 Å². The fourth-order valence-corrected chi connectivity index (χ4v) is 7.45. The Labute approximate surface area is 388 Å². The lowest BCUT2D eigenvalue weighted by Gasteiger charge is -2.48. The van der Waals surface area contributed by atoms with Crippen molar-refractivity contribution in [3.8, 4) is 0 Å². The van der Waals surface area contributed by atoms with E-state index in [4.69, 9.17) is 52.1 Å². The lowest BCUT2D eigenvalue weighted by molar-refractivity contribution is -0.366. The highest BCUT2D eigenvalue weighted by molar-refractivity contribution is 5.91. The Morgan fingerprint density at radius 1 is 0.433 bits per heavy atom. The minimum absolute atomic E-state index is 0.0690. The quantitative estimate of drug-likeness (QED) is 0.0653. The van der Waals surface area contributed by atoms with Crippen LogP contribution >= 0.6 is 0 Å². The van der Waals surface area contributed by atoms with Gasteiger partial charge in [0.25, 0.3) is 0 Å². The van der Waals surface area contributed by atoms with Crippen LogP contribution in [-0.2, 0) is 71.3 Å². The number of carbonyl (C=O) groups is 7. The van der Waals surface area contributed by atoms with E-state index in [1.807, 2.05) is 0 Å². The Bertz CT molecular complexity index is 2080. The lowest BCUT2D eigenvalue weighted by atomic mass is 9.96. The third-order valence-electron chi connectivity index (χ3n) is 10.5. The van der Waals surface area contributed by atoms with Gasteiger partial charge >= 0.3 is 41.8 Å². The summed E-state index contributed by atoms with van der Waals surface area (Å²) in [5.41, 5.74) is 0.405. The smallest absolute Gasteiger partial charge is 0.338 e. The first-order chi connectivity index (χ1) is 32.2. The molecule has 0 amide bonds. The summed E-state index contributed by atoms with van der Waals surface area (Å²) in [6, 6.07) is 23.9. The second kappa shape index (κ2) is 26.2. The Kier molecular flexibility index (Phi) is 20.3. The summed E-state index contributed by atoms with van der Waals surface area (Å²) in [7, 11) is 0. The highest BCUT2D eigenvalue weighted by atomic mass is 16.8. The van der Waals surface area contributed by atoms with E-state index in [-0.39, 0.29) is 23.3 Å². The van der Waals surface area contributed by atoms with E-state index >= 15 is 0 Å². The van der Waals surface area contributed by atoms with Gasteiger partial charge in [-0.2, -0.15) is 0 Å².